The molecule has 21 heavy (non-hydrogen) atoms. The molecule has 1 amide bonds. The maximum atomic E-state index is 12.3. The van der Waals surface area contributed by atoms with E-state index in [9.17, 15) is 4.79 Å². The van der Waals surface area contributed by atoms with Gasteiger partial charge >= 0.3 is 0 Å². The van der Waals surface area contributed by atoms with Crippen LogP contribution in [0, 0.1) is 12.8 Å². The van der Waals surface area contributed by atoms with Crippen molar-refractivity contribution >= 4 is 18.3 Å². The summed E-state index contributed by atoms with van der Waals surface area (Å²) in [5, 5.41) is 6.57. The number of carbonyl (C=O) groups excluding carboxylic acids is 1. The average molecular weight is 311 g/mol. The van der Waals surface area contributed by atoms with Crippen LogP contribution in [-0.2, 0) is 11.2 Å². The first-order valence-electron chi connectivity index (χ1n) is 7.64. The van der Waals surface area contributed by atoms with E-state index >= 15 is 0 Å². The summed E-state index contributed by atoms with van der Waals surface area (Å²) in [6, 6.07) is 9.02. The number of hydrogen-bond acceptors (Lipinski definition) is 2. The van der Waals surface area contributed by atoms with Gasteiger partial charge in [0.1, 0.15) is 0 Å². The molecule has 0 radical (unpaired) electrons. The Morgan fingerprint density at radius 1 is 1.43 bits per heavy atom. The summed E-state index contributed by atoms with van der Waals surface area (Å²) < 4.78 is 0. The Hall–Kier alpha value is -1.06. The summed E-state index contributed by atoms with van der Waals surface area (Å²) in [5.74, 6) is 0.394. The van der Waals surface area contributed by atoms with Crippen LogP contribution in [0.1, 0.15) is 37.8 Å². The van der Waals surface area contributed by atoms with Gasteiger partial charge in [0.15, 0.2) is 0 Å². The van der Waals surface area contributed by atoms with Crippen LogP contribution in [0.15, 0.2) is 24.3 Å². The molecular formula is C17H27ClN2O. The normalized spacial score (nSPS) is 23.0. The number of amides is 1. The third-order valence-electron chi connectivity index (χ3n) is 4.17. The highest BCUT2D eigenvalue weighted by Crippen LogP contribution is 2.17. The number of carbonyl (C=O) groups is 1. The van der Waals surface area contributed by atoms with Gasteiger partial charge in [-0.15, -0.1) is 12.4 Å². The van der Waals surface area contributed by atoms with Crippen molar-refractivity contribution in [3.05, 3.63) is 35.4 Å². The molecule has 1 saturated heterocycles. The van der Waals surface area contributed by atoms with Crippen molar-refractivity contribution in [2.45, 2.75) is 52.1 Å². The molecule has 118 valence electrons. The Balaban J connectivity index is 0.00000220. The largest absolute Gasteiger partial charge is 0.353 e. The highest BCUT2D eigenvalue weighted by Gasteiger charge is 2.25. The predicted molar refractivity (Wildman–Crippen MR) is 89.9 cm³/mol. The fourth-order valence-electron chi connectivity index (χ4n) is 2.95. The molecule has 2 rings (SSSR count). The standard InChI is InChI=1S/C17H26N2O.ClH/c1-12-6-4-5-7-15(12)11-14(3)19-17(20)16-8-9-18-13(2)10-16;/h4-7,13-14,16,18H,8-11H2,1-3H3,(H,19,20);1H/t13-,14?,16-;/m0./s1. The fourth-order valence-corrected chi connectivity index (χ4v) is 2.95. The molecule has 0 aromatic heterocycles. The molecule has 2 N–H and O–H groups in total. The second-order valence-electron chi connectivity index (χ2n) is 6.12. The van der Waals surface area contributed by atoms with Crippen molar-refractivity contribution in [2.24, 2.45) is 5.92 Å². The predicted octanol–water partition coefficient (Wildman–Crippen LogP) is 2.85. The van der Waals surface area contributed by atoms with E-state index < -0.39 is 0 Å². The first kappa shape index (κ1) is 18.0. The third kappa shape index (κ3) is 5.33. The van der Waals surface area contributed by atoms with Crippen molar-refractivity contribution in [3.63, 3.8) is 0 Å². The zero-order valence-corrected chi connectivity index (χ0v) is 14.0. The summed E-state index contributed by atoms with van der Waals surface area (Å²) in [6.07, 6.45) is 2.80. The number of aryl methyl sites for hydroxylation is 1. The molecule has 0 aliphatic carbocycles. The number of hydrogen-bond donors (Lipinski definition) is 2. The van der Waals surface area contributed by atoms with Crippen molar-refractivity contribution in [3.8, 4) is 0 Å². The monoisotopic (exact) mass is 310 g/mol. The first-order chi connectivity index (χ1) is 9.56. The number of rotatable bonds is 4. The maximum Gasteiger partial charge on any atom is 0.223 e. The van der Waals surface area contributed by atoms with E-state index in [2.05, 4.69) is 55.7 Å². The van der Waals surface area contributed by atoms with E-state index in [1.807, 2.05) is 0 Å². The molecule has 0 saturated carbocycles. The van der Waals surface area contributed by atoms with E-state index in [4.69, 9.17) is 0 Å². The van der Waals surface area contributed by atoms with Gasteiger partial charge in [-0.3, -0.25) is 4.79 Å². The molecule has 1 heterocycles. The first-order valence-corrected chi connectivity index (χ1v) is 7.64. The Kier molecular flexibility index (Phi) is 7.20. The molecule has 0 spiro atoms. The second-order valence-corrected chi connectivity index (χ2v) is 6.12. The average Bonchev–Trinajstić information content (AvgIpc) is 2.41. The molecule has 3 nitrogen and oxygen atoms in total. The highest BCUT2D eigenvalue weighted by atomic mass is 35.5. The molecule has 1 unspecified atom stereocenters. The Labute approximate surface area is 134 Å². The second kappa shape index (κ2) is 8.40. The lowest BCUT2D eigenvalue weighted by Crippen LogP contribution is -2.45. The van der Waals surface area contributed by atoms with E-state index in [0.29, 0.717) is 6.04 Å². The van der Waals surface area contributed by atoms with Crippen molar-refractivity contribution in [2.75, 3.05) is 6.54 Å². The lowest BCUT2D eigenvalue weighted by atomic mass is 9.92. The maximum absolute atomic E-state index is 12.3. The van der Waals surface area contributed by atoms with Crippen LogP contribution < -0.4 is 10.6 Å². The van der Waals surface area contributed by atoms with E-state index in [0.717, 1.165) is 25.8 Å². The number of halogens is 1. The summed E-state index contributed by atoms with van der Waals surface area (Å²) in [7, 11) is 0. The van der Waals surface area contributed by atoms with E-state index in [1.54, 1.807) is 0 Å². The minimum Gasteiger partial charge on any atom is -0.353 e. The molecule has 1 fully saturated rings. The molecule has 1 aromatic rings. The quantitative estimate of drug-likeness (QED) is 0.898. The van der Waals surface area contributed by atoms with Crippen molar-refractivity contribution < 1.29 is 4.79 Å². The van der Waals surface area contributed by atoms with Crippen LogP contribution >= 0.6 is 12.4 Å². The molecule has 1 aliphatic heterocycles. The molecular weight excluding hydrogens is 284 g/mol. The highest BCUT2D eigenvalue weighted by molar-refractivity contribution is 5.85. The fraction of sp³-hybridized carbons (Fsp3) is 0.588. The zero-order valence-electron chi connectivity index (χ0n) is 13.2. The Morgan fingerprint density at radius 2 is 2.14 bits per heavy atom. The summed E-state index contributed by atoms with van der Waals surface area (Å²) >= 11 is 0. The summed E-state index contributed by atoms with van der Waals surface area (Å²) in [4.78, 5) is 12.3. The zero-order chi connectivity index (χ0) is 14.5. The van der Waals surface area contributed by atoms with Gasteiger partial charge in [0.25, 0.3) is 0 Å². The lowest BCUT2D eigenvalue weighted by molar-refractivity contribution is -0.126. The van der Waals surface area contributed by atoms with Crippen molar-refractivity contribution in [1.82, 2.24) is 10.6 Å². The molecule has 1 aromatic carbocycles. The number of piperidine rings is 1. The van der Waals surface area contributed by atoms with Gasteiger partial charge in [0, 0.05) is 18.0 Å². The minimum absolute atomic E-state index is 0. The van der Waals surface area contributed by atoms with Crippen LogP contribution in [0.3, 0.4) is 0 Å². The summed E-state index contributed by atoms with van der Waals surface area (Å²) in [5.41, 5.74) is 2.61. The van der Waals surface area contributed by atoms with E-state index in [-0.39, 0.29) is 30.3 Å². The number of benzene rings is 1. The van der Waals surface area contributed by atoms with Gasteiger partial charge in [0.05, 0.1) is 0 Å². The van der Waals surface area contributed by atoms with Crippen LogP contribution in [0.4, 0.5) is 0 Å². The van der Waals surface area contributed by atoms with Gasteiger partial charge in [-0.25, -0.2) is 0 Å². The van der Waals surface area contributed by atoms with Gasteiger partial charge in [0.2, 0.25) is 5.91 Å². The molecule has 4 heteroatoms. The lowest BCUT2D eigenvalue weighted by Gasteiger charge is -2.28. The third-order valence-corrected chi connectivity index (χ3v) is 4.17. The number of nitrogens with one attached hydrogen (secondary N) is 2. The Morgan fingerprint density at radius 3 is 2.81 bits per heavy atom. The Bertz CT molecular complexity index is 464. The SMILES string of the molecule is Cc1ccccc1CC(C)NC(=O)[C@H]1CCN[C@@H](C)C1.Cl. The smallest absolute Gasteiger partial charge is 0.223 e. The van der Waals surface area contributed by atoms with Crippen LogP contribution in [0.2, 0.25) is 0 Å². The summed E-state index contributed by atoms with van der Waals surface area (Å²) in [6.45, 7) is 7.31. The van der Waals surface area contributed by atoms with Gasteiger partial charge in [-0.05, 0) is 57.7 Å². The van der Waals surface area contributed by atoms with Gasteiger partial charge < -0.3 is 10.6 Å². The topological polar surface area (TPSA) is 41.1 Å². The van der Waals surface area contributed by atoms with Crippen LogP contribution in [0.5, 0.6) is 0 Å². The van der Waals surface area contributed by atoms with Crippen molar-refractivity contribution in [1.29, 1.82) is 0 Å². The van der Waals surface area contributed by atoms with Crippen LogP contribution in [-0.4, -0.2) is 24.5 Å². The van der Waals surface area contributed by atoms with Gasteiger partial charge in [-0.2, -0.15) is 0 Å². The molecule has 3 atom stereocenters. The molecule has 0 bridgehead atoms. The van der Waals surface area contributed by atoms with Crippen LogP contribution in [0.25, 0.3) is 0 Å². The van der Waals surface area contributed by atoms with E-state index in [1.165, 1.54) is 11.1 Å². The minimum atomic E-state index is 0. The van der Waals surface area contributed by atoms with Gasteiger partial charge in [-0.1, -0.05) is 24.3 Å². The molecule has 1 aliphatic rings.